The zero-order valence-electron chi connectivity index (χ0n) is 9.48. The summed E-state index contributed by atoms with van der Waals surface area (Å²) in [6, 6.07) is 10.6. The van der Waals surface area contributed by atoms with Gasteiger partial charge in [0.15, 0.2) is 0 Å². The Morgan fingerprint density at radius 3 is 2.71 bits per heavy atom. The number of pyridine rings is 1. The third-order valence-corrected chi connectivity index (χ3v) is 3.23. The third kappa shape index (κ3) is 3.28. The molecule has 0 atom stereocenters. The molecule has 1 aromatic carbocycles. The van der Waals surface area contributed by atoms with Gasteiger partial charge in [-0.15, -0.1) is 0 Å². The molecule has 4 heteroatoms. The van der Waals surface area contributed by atoms with Crippen molar-refractivity contribution in [3.8, 4) is 0 Å². The zero-order valence-corrected chi connectivity index (χ0v) is 10.3. The molecule has 0 saturated carbocycles. The van der Waals surface area contributed by atoms with Gasteiger partial charge in [0.1, 0.15) is 10.8 Å². The first-order chi connectivity index (χ1) is 8.29. The van der Waals surface area contributed by atoms with Crippen LogP contribution in [-0.4, -0.2) is 12.0 Å². The van der Waals surface area contributed by atoms with Gasteiger partial charge in [-0.3, -0.25) is 0 Å². The normalized spacial score (nSPS) is 10.5. The lowest BCUT2D eigenvalue weighted by atomic mass is 10.3. The molecule has 1 aromatic heterocycles. The van der Waals surface area contributed by atoms with Gasteiger partial charge < -0.3 is 5.32 Å². The van der Waals surface area contributed by atoms with E-state index in [0.29, 0.717) is 4.90 Å². The van der Waals surface area contributed by atoms with Crippen molar-refractivity contribution in [3.63, 3.8) is 0 Å². The molecular formula is C13H13FN2S. The van der Waals surface area contributed by atoms with Gasteiger partial charge in [-0.05, 0) is 30.8 Å². The van der Waals surface area contributed by atoms with Gasteiger partial charge in [0.05, 0.1) is 0 Å². The van der Waals surface area contributed by atoms with Crippen LogP contribution in [0.2, 0.25) is 0 Å². The summed E-state index contributed by atoms with van der Waals surface area (Å²) < 4.78 is 13.4. The minimum atomic E-state index is -0.210. The van der Waals surface area contributed by atoms with Gasteiger partial charge >= 0.3 is 0 Å². The first kappa shape index (κ1) is 12.1. The molecule has 0 unspecified atom stereocenters. The maximum atomic E-state index is 13.4. The van der Waals surface area contributed by atoms with Crippen molar-refractivity contribution in [3.05, 3.63) is 54.0 Å². The minimum absolute atomic E-state index is 0.210. The van der Waals surface area contributed by atoms with Gasteiger partial charge in [-0.1, -0.05) is 30.0 Å². The molecular weight excluding hydrogens is 235 g/mol. The zero-order chi connectivity index (χ0) is 12.1. The van der Waals surface area contributed by atoms with Crippen molar-refractivity contribution in [1.82, 2.24) is 10.3 Å². The Morgan fingerprint density at radius 1 is 1.24 bits per heavy atom. The topological polar surface area (TPSA) is 24.9 Å². The summed E-state index contributed by atoms with van der Waals surface area (Å²) in [7, 11) is 1.89. The number of benzene rings is 1. The highest BCUT2D eigenvalue weighted by molar-refractivity contribution is 7.99. The van der Waals surface area contributed by atoms with Crippen LogP contribution in [0.4, 0.5) is 4.39 Å². The summed E-state index contributed by atoms with van der Waals surface area (Å²) in [6.45, 7) is 0.789. The Morgan fingerprint density at radius 2 is 2.06 bits per heavy atom. The Labute approximate surface area is 104 Å². The highest BCUT2D eigenvalue weighted by atomic mass is 32.2. The maximum Gasteiger partial charge on any atom is 0.137 e. The van der Waals surface area contributed by atoms with Crippen LogP contribution in [0.15, 0.2) is 52.5 Å². The monoisotopic (exact) mass is 248 g/mol. The summed E-state index contributed by atoms with van der Waals surface area (Å²) in [5.74, 6) is -0.210. The maximum absolute atomic E-state index is 13.4. The second kappa shape index (κ2) is 5.80. The molecule has 1 N–H and O–H groups in total. The van der Waals surface area contributed by atoms with Crippen LogP contribution in [0.1, 0.15) is 5.56 Å². The lowest BCUT2D eigenvalue weighted by molar-refractivity contribution is 0.602. The van der Waals surface area contributed by atoms with Crippen LogP contribution < -0.4 is 5.32 Å². The van der Waals surface area contributed by atoms with Crippen molar-refractivity contribution >= 4 is 11.8 Å². The van der Waals surface area contributed by atoms with Gasteiger partial charge in [0.2, 0.25) is 0 Å². The van der Waals surface area contributed by atoms with Crippen molar-refractivity contribution in [2.45, 2.75) is 16.5 Å². The highest BCUT2D eigenvalue weighted by Crippen LogP contribution is 2.27. The summed E-state index contributed by atoms with van der Waals surface area (Å²) in [4.78, 5) is 4.89. The summed E-state index contributed by atoms with van der Waals surface area (Å²) in [6.07, 6.45) is 1.81. The molecule has 2 nitrogen and oxygen atoms in total. The number of hydrogen-bond acceptors (Lipinski definition) is 3. The molecule has 0 spiro atoms. The molecule has 0 amide bonds. The molecule has 2 rings (SSSR count). The Hall–Kier alpha value is -1.39. The third-order valence-electron chi connectivity index (χ3n) is 2.23. The standard InChI is InChI=1S/C13H13FN2S/c1-15-8-10-6-7-13(16-9-10)17-12-5-3-2-4-11(12)14/h2-7,9,15H,8H2,1H3. The quantitative estimate of drug-likeness (QED) is 0.900. The molecule has 2 aromatic rings. The van der Waals surface area contributed by atoms with E-state index in [4.69, 9.17) is 0 Å². The lowest BCUT2D eigenvalue weighted by Crippen LogP contribution is -2.05. The number of nitrogens with zero attached hydrogens (tertiary/aromatic N) is 1. The molecule has 0 aliphatic rings. The van der Waals surface area contributed by atoms with E-state index in [2.05, 4.69) is 10.3 Å². The summed E-state index contributed by atoms with van der Waals surface area (Å²) >= 11 is 1.33. The number of nitrogens with one attached hydrogen (secondary N) is 1. The van der Waals surface area contributed by atoms with Crippen LogP contribution in [-0.2, 0) is 6.54 Å². The van der Waals surface area contributed by atoms with Crippen LogP contribution in [0.5, 0.6) is 0 Å². The fourth-order valence-electron chi connectivity index (χ4n) is 1.42. The molecule has 0 radical (unpaired) electrons. The second-order valence-corrected chi connectivity index (χ2v) is 4.63. The van der Waals surface area contributed by atoms with Crippen molar-refractivity contribution in [2.24, 2.45) is 0 Å². The van der Waals surface area contributed by atoms with Gasteiger partial charge in [0.25, 0.3) is 0 Å². The minimum Gasteiger partial charge on any atom is -0.316 e. The van der Waals surface area contributed by atoms with E-state index in [0.717, 1.165) is 17.1 Å². The summed E-state index contributed by atoms with van der Waals surface area (Å²) in [5, 5.41) is 3.86. The van der Waals surface area contributed by atoms with E-state index in [1.165, 1.54) is 17.8 Å². The van der Waals surface area contributed by atoms with E-state index in [9.17, 15) is 4.39 Å². The van der Waals surface area contributed by atoms with Crippen molar-refractivity contribution < 1.29 is 4.39 Å². The number of aromatic nitrogens is 1. The van der Waals surface area contributed by atoms with Crippen LogP contribution in [0.25, 0.3) is 0 Å². The molecule has 88 valence electrons. The van der Waals surface area contributed by atoms with E-state index >= 15 is 0 Å². The lowest BCUT2D eigenvalue weighted by Gasteiger charge is -2.03. The Bertz CT molecular complexity index is 485. The van der Waals surface area contributed by atoms with Gasteiger partial charge in [0, 0.05) is 17.6 Å². The van der Waals surface area contributed by atoms with Crippen molar-refractivity contribution in [2.75, 3.05) is 7.05 Å². The van der Waals surface area contributed by atoms with Gasteiger partial charge in [-0.2, -0.15) is 0 Å². The van der Waals surface area contributed by atoms with Crippen LogP contribution >= 0.6 is 11.8 Å². The molecule has 0 aliphatic heterocycles. The molecule has 0 bridgehead atoms. The van der Waals surface area contributed by atoms with Crippen molar-refractivity contribution in [1.29, 1.82) is 0 Å². The predicted octanol–water partition coefficient (Wildman–Crippen LogP) is 3.09. The van der Waals surface area contributed by atoms with E-state index in [-0.39, 0.29) is 5.82 Å². The van der Waals surface area contributed by atoms with Crippen LogP contribution in [0.3, 0.4) is 0 Å². The second-order valence-electron chi connectivity index (χ2n) is 3.57. The average molecular weight is 248 g/mol. The Kier molecular flexibility index (Phi) is 4.12. The number of rotatable bonds is 4. The fourth-order valence-corrected chi connectivity index (χ4v) is 2.20. The smallest absolute Gasteiger partial charge is 0.137 e. The van der Waals surface area contributed by atoms with Crippen LogP contribution in [0, 0.1) is 5.82 Å². The predicted molar refractivity (Wildman–Crippen MR) is 67.5 cm³/mol. The van der Waals surface area contributed by atoms with E-state index in [1.807, 2.05) is 25.2 Å². The summed E-state index contributed by atoms with van der Waals surface area (Å²) in [5.41, 5.74) is 1.12. The molecule has 17 heavy (non-hydrogen) atoms. The Balaban J connectivity index is 2.11. The first-order valence-electron chi connectivity index (χ1n) is 5.31. The average Bonchev–Trinajstić information content (AvgIpc) is 2.35. The largest absolute Gasteiger partial charge is 0.316 e. The number of halogens is 1. The fraction of sp³-hybridized carbons (Fsp3) is 0.154. The number of hydrogen-bond donors (Lipinski definition) is 1. The first-order valence-corrected chi connectivity index (χ1v) is 6.13. The molecule has 0 fully saturated rings. The molecule has 0 saturated heterocycles. The van der Waals surface area contributed by atoms with E-state index in [1.54, 1.807) is 18.3 Å². The SMILES string of the molecule is CNCc1ccc(Sc2ccccc2F)nc1. The molecule has 1 heterocycles. The highest BCUT2D eigenvalue weighted by Gasteiger charge is 2.03. The van der Waals surface area contributed by atoms with Gasteiger partial charge in [-0.25, -0.2) is 9.37 Å². The molecule has 0 aliphatic carbocycles. The van der Waals surface area contributed by atoms with E-state index < -0.39 is 0 Å².